The topological polar surface area (TPSA) is 58.8 Å². The summed E-state index contributed by atoms with van der Waals surface area (Å²) in [5.74, 6) is 0.175. The van der Waals surface area contributed by atoms with Gasteiger partial charge in [-0.2, -0.15) is 0 Å². The van der Waals surface area contributed by atoms with Crippen LogP contribution in [0.2, 0.25) is 0 Å². The molecular formula is C21H33N3O2. The lowest BCUT2D eigenvalue weighted by Crippen LogP contribution is -2.52. The number of nitrogens with zero attached hydrogens (tertiary/aromatic N) is 2. The lowest BCUT2D eigenvalue weighted by atomic mass is 10.0. The number of rotatable bonds is 7. The van der Waals surface area contributed by atoms with Crippen molar-refractivity contribution >= 4 is 5.91 Å². The van der Waals surface area contributed by atoms with Crippen LogP contribution < -0.4 is 5.73 Å². The predicted octanol–water partition coefficient (Wildman–Crippen LogP) is 2.40. The van der Waals surface area contributed by atoms with Crippen molar-refractivity contribution in [2.75, 3.05) is 26.2 Å². The predicted molar refractivity (Wildman–Crippen MR) is 104 cm³/mol. The largest absolute Gasteiger partial charge is 0.364 e. The SMILES string of the molecule is CCCN(C(=O)[C@@H]1CC[C@H](CN)O1)C1CCCN(Cc2ccccc2)C1. The Morgan fingerprint density at radius 1 is 1.27 bits per heavy atom. The molecule has 2 N–H and O–H groups in total. The lowest BCUT2D eigenvalue weighted by Gasteiger charge is -2.40. The highest BCUT2D eigenvalue weighted by Crippen LogP contribution is 2.24. The Bertz CT molecular complexity index is 566. The van der Waals surface area contributed by atoms with Gasteiger partial charge in [0.15, 0.2) is 0 Å². The van der Waals surface area contributed by atoms with Gasteiger partial charge in [0.2, 0.25) is 0 Å². The summed E-state index contributed by atoms with van der Waals surface area (Å²) in [6.45, 7) is 6.48. The van der Waals surface area contributed by atoms with Gasteiger partial charge in [-0.15, -0.1) is 0 Å². The fourth-order valence-electron chi connectivity index (χ4n) is 4.23. The van der Waals surface area contributed by atoms with Crippen molar-refractivity contribution in [2.45, 2.75) is 63.8 Å². The average molecular weight is 360 g/mol. The van der Waals surface area contributed by atoms with Crippen LogP contribution in [0.25, 0.3) is 0 Å². The van der Waals surface area contributed by atoms with E-state index in [9.17, 15) is 4.79 Å². The van der Waals surface area contributed by atoms with Crippen LogP contribution in [0.1, 0.15) is 44.6 Å². The monoisotopic (exact) mass is 359 g/mol. The molecule has 1 aromatic carbocycles. The zero-order valence-electron chi connectivity index (χ0n) is 16.0. The number of nitrogens with two attached hydrogens (primary N) is 1. The van der Waals surface area contributed by atoms with Crippen molar-refractivity contribution in [3.8, 4) is 0 Å². The second-order valence-electron chi connectivity index (χ2n) is 7.61. The number of hydrogen-bond acceptors (Lipinski definition) is 4. The van der Waals surface area contributed by atoms with E-state index < -0.39 is 0 Å². The van der Waals surface area contributed by atoms with Crippen molar-refractivity contribution in [1.29, 1.82) is 0 Å². The number of piperidine rings is 1. The van der Waals surface area contributed by atoms with Crippen LogP contribution >= 0.6 is 0 Å². The van der Waals surface area contributed by atoms with Crippen molar-refractivity contribution in [2.24, 2.45) is 5.73 Å². The summed E-state index contributed by atoms with van der Waals surface area (Å²) in [5.41, 5.74) is 7.05. The van der Waals surface area contributed by atoms with Gasteiger partial charge in [-0.1, -0.05) is 37.3 Å². The van der Waals surface area contributed by atoms with Crippen LogP contribution in [0.4, 0.5) is 0 Å². The smallest absolute Gasteiger partial charge is 0.252 e. The first-order valence-corrected chi connectivity index (χ1v) is 10.1. The second-order valence-corrected chi connectivity index (χ2v) is 7.61. The maximum Gasteiger partial charge on any atom is 0.252 e. The zero-order chi connectivity index (χ0) is 18.4. The van der Waals surface area contributed by atoms with E-state index in [4.69, 9.17) is 10.5 Å². The van der Waals surface area contributed by atoms with Gasteiger partial charge in [0, 0.05) is 32.2 Å². The molecule has 3 rings (SSSR count). The van der Waals surface area contributed by atoms with E-state index in [0.29, 0.717) is 12.6 Å². The molecular weight excluding hydrogens is 326 g/mol. The van der Waals surface area contributed by atoms with E-state index in [1.807, 2.05) is 0 Å². The first-order chi connectivity index (χ1) is 12.7. The van der Waals surface area contributed by atoms with Crippen molar-refractivity contribution in [3.63, 3.8) is 0 Å². The number of benzene rings is 1. The van der Waals surface area contributed by atoms with E-state index in [1.165, 1.54) is 5.56 Å². The quantitative estimate of drug-likeness (QED) is 0.812. The molecule has 1 aromatic rings. The van der Waals surface area contributed by atoms with Crippen molar-refractivity contribution in [3.05, 3.63) is 35.9 Å². The van der Waals surface area contributed by atoms with E-state index in [0.717, 1.165) is 58.3 Å². The van der Waals surface area contributed by atoms with E-state index in [1.54, 1.807) is 0 Å². The minimum atomic E-state index is -0.292. The van der Waals surface area contributed by atoms with Crippen LogP contribution in [0, 0.1) is 0 Å². The Balaban J connectivity index is 1.62. The summed E-state index contributed by atoms with van der Waals surface area (Å²) in [7, 11) is 0. The van der Waals surface area contributed by atoms with Gasteiger partial charge in [-0.3, -0.25) is 9.69 Å². The molecule has 0 bridgehead atoms. The molecule has 2 aliphatic rings. The summed E-state index contributed by atoms with van der Waals surface area (Å²) in [4.78, 5) is 17.7. The maximum absolute atomic E-state index is 13.1. The number of carbonyl (C=O) groups is 1. The molecule has 0 radical (unpaired) electrons. The average Bonchev–Trinajstić information content (AvgIpc) is 3.16. The maximum atomic E-state index is 13.1. The van der Waals surface area contributed by atoms with Crippen LogP contribution in [0.15, 0.2) is 30.3 Å². The number of likely N-dealkylation sites (tertiary alicyclic amines) is 1. The third-order valence-electron chi connectivity index (χ3n) is 5.56. The molecule has 3 atom stereocenters. The molecule has 0 spiro atoms. The fourth-order valence-corrected chi connectivity index (χ4v) is 4.23. The highest BCUT2D eigenvalue weighted by atomic mass is 16.5. The Labute approximate surface area is 157 Å². The van der Waals surface area contributed by atoms with E-state index >= 15 is 0 Å². The molecule has 2 aliphatic heterocycles. The third kappa shape index (κ3) is 4.84. The Morgan fingerprint density at radius 3 is 2.77 bits per heavy atom. The molecule has 0 saturated carbocycles. The van der Waals surface area contributed by atoms with Crippen LogP contribution in [0.3, 0.4) is 0 Å². The molecule has 5 heteroatoms. The summed E-state index contributed by atoms with van der Waals surface area (Å²) < 4.78 is 5.88. The highest BCUT2D eigenvalue weighted by molar-refractivity contribution is 5.81. The van der Waals surface area contributed by atoms with Crippen molar-refractivity contribution in [1.82, 2.24) is 9.80 Å². The molecule has 0 aromatic heterocycles. The first kappa shape index (κ1) is 19.3. The summed E-state index contributed by atoms with van der Waals surface area (Å²) in [6, 6.07) is 10.9. The van der Waals surface area contributed by atoms with E-state index in [-0.39, 0.29) is 18.1 Å². The number of carbonyl (C=O) groups excluding carboxylic acids is 1. The molecule has 5 nitrogen and oxygen atoms in total. The summed E-state index contributed by atoms with van der Waals surface area (Å²) in [5, 5.41) is 0. The number of hydrogen-bond donors (Lipinski definition) is 1. The zero-order valence-corrected chi connectivity index (χ0v) is 16.0. The number of ether oxygens (including phenoxy) is 1. The van der Waals surface area contributed by atoms with Gasteiger partial charge < -0.3 is 15.4 Å². The number of amides is 1. The normalized spacial score (nSPS) is 26.8. The summed E-state index contributed by atoms with van der Waals surface area (Å²) >= 11 is 0. The molecule has 26 heavy (non-hydrogen) atoms. The lowest BCUT2D eigenvalue weighted by molar-refractivity contribution is -0.146. The van der Waals surface area contributed by atoms with E-state index in [2.05, 4.69) is 47.1 Å². The van der Waals surface area contributed by atoms with Gasteiger partial charge in [-0.25, -0.2) is 0 Å². The minimum absolute atomic E-state index is 0.0494. The van der Waals surface area contributed by atoms with Gasteiger partial charge in [-0.05, 0) is 44.2 Å². The van der Waals surface area contributed by atoms with Crippen LogP contribution in [0.5, 0.6) is 0 Å². The van der Waals surface area contributed by atoms with Gasteiger partial charge in [0.05, 0.1) is 6.10 Å². The van der Waals surface area contributed by atoms with Crippen LogP contribution in [-0.4, -0.2) is 60.1 Å². The standard InChI is InChI=1S/C21H33N3O2/c1-2-12-24(21(25)20-11-10-19(14-22)26-20)18-9-6-13-23(16-18)15-17-7-4-3-5-8-17/h3-5,7-8,18-20H,2,6,9-16,22H2,1H3/t18?,19-,20+/m1/s1. The Hall–Kier alpha value is -1.43. The third-order valence-corrected chi connectivity index (χ3v) is 5.56. The van der Waals surface area contributed by atoms with Crippen LogP contribution in [-0.2, 0) is 16.1 Å². The minimum Gasteiger partial charge on any atom is -0.364 e. The fraction of sp³-hybridized carbons (Fsp3) is 0.667. The molecule has 2 heterocycles. The van der Waals surface area contributed by atoms with Crippen molar-refractivity contribution < 1.29 is 9.53 Å². The molecule has 2 saturated heterocycles. The molecule has 0 aliphatic carbocycles. The highest BCUT2D eigenvalue weighted by Gasteiger charge is 2.36. The molecule has 1 unspecified atom stereocenters. The first-order valence-electron chi connectivity index (χ1n) is 10.1. The Kier molecular flexibility index (Phi) is 7.06. The molecule has 2 fully saturated rings. The molecule has 1 amide bonds. The van der Waals surface area contributed by atoms with Gasteiger partial charge in [0.1, 0.15) is 6.10 Å². The second kappa shape index (κ2) is 9.49. The summed E-state index contributed by atoms with van der Waals surface area (Å²) in [6.07, 6.45) is 4.67. The van der Waals surface area contributed by atoms with Gasteiger partial charge in [0.25, 0.3) is 5.91 Å². The molecule has 144 valence electrons. The van der Waals surface area contributed by atoms with Gasteiger partial charge >= 0.3 is 0 Å². The Morgan fingerprint density at radius 2 is 2.08 bits per heavy atom.